The van der Waals surface area contributed by atoms with Crippen LogP contribution in [-0.2, 0) is 4.74 Å². The minimum atomic E-state index is 0.363. The van der Waals surface area contributed by atoms with Crippen LogP contribution in [0.2, 0.25) is 0 Å². The van der Waals surface area contributed by atoms with E-state index >= 15 is 0 Å². The maximum Gasteiger partial charge on any atom is 0.193 e. The van der Waals surface area contributed by atoms with Gasteiger partial charge >= 0.3 is 0 Å². The summed E-state index contributed by atoms with van der Waals surface area (Å²) in [6.07, 6.45) is 0. The van der Waals surface area contributed by atoms with Gasteiger partial charge < -0.3 is 19.9 Å². The predicted octanol–water partition coefficient (Wildman–Crippen LogP) is 2.89. The molecule has 1 unspecified atom stereocenters. The molecule has 6 nitrogen and oxygen atoms in total. The molecule has 0 radical (unpaired) electrons. The molecule has 0 bridgehead atoms. The summed E-state index contributed by atoms with van der Waals surface area (Å²) < 4.78 is 5.58. The molecule has 0 aromatic carbocycles. The SMILES string of the molecule is CN=C(NCC(c1ccc(C)s1)N1CCOCC1)N1CCN(c2cccs2)CC1. The van der Waals surface area contributed by atoms with Crippen molar-refractivity contribution in [3.05, 3.63) is 39.4 Å². The molecule has 4 heterocycles. The summed E-state index contributed by atoms with van der Waals surface area (Å²) in [6, 6.07) is 9.21. The predicted molar refractivity (Wildman–Crippen MR) is 124 cm³/mol. The summed E-state index contributed by atoms with van der Waals surface area (Å²) in [7, 11) is 1.90. The first kappa shape index (κ1) is 20.7. The molecule has 2 aromatic heterocycles. The van der Waals surface area contributed by atoms with Crippen molar-refractivity contribution in [3.63, 3.8) is 0 Å². The molecule has 1 N–H and O–H groups in total. The van der Waals surface area contributed by atoms with Crippen molar-refractivity contribution in [2.45, 2.75) is 13.0 Å². The van der Waals surface area contributed by atoms with Crippen LogP contribution in [0.3, 0.4) is 0 Å². The van der Waals surface area contributed by atoms with Gasteiger partial charge in [0.2, 0.25) is 0 Å². The van der Waals surface area contributed by atoms with Crippen LogP contribution in [0, 0.1) is 6.92 Å². The van der Waals surface area contributed by atoms with E-state index in [1.54, 1.807) is 0 Å². The number of aliphatic imine (C=N–C) groups is 1. The van der Waals surface area contributed by atoms with Crippen LogP contribution in [0.5, 0.6) is 0 Å². The van der Waals surface area contributed by atoms with Crippen molar-refractivity contribution in [1.82, 2.24) is 15.1 Å². The van der Waals surface area contributed by atoms with Crippen LogP contribution in [0.1, 0.15) is 15.8 Å². The van der Waals surface area contributed by atoms with Crippen LogP contribution in [-0.4, -0.2) is 81.8 Å². The van der Waals surface area contributed by atoms with E-state index in [9.17, 15) is 0 Å². The summed E-state index contributed by atoms with van der Waals surface area (Å²) in [5, 5.41) is 7.20. The van der Waals surface area contributed by atoms with Crippen LogP contribution in [0.4, 0.5) is 5.00 Å². The van der Waals surface area contributed by atoms with Gasteiger partial charge in [0.05, 0.1) is 24.3 Å². The molecule has 2 saturated heterocycles. The van der Waals surface area contributed by atoms with Crippen LogP contribution in [0.15, 0.2) is 34.6 Å². The van der Waals surface area contributed by atoms with E-state index in [1.165, 1.54) is 14.8 Å². The second kappa shape index (κ2) is 9.93. The molecular weight excluding hydrogens is 402 g/mol. The number of hydrogen-bond donors (Lipinski definition) is 1. The fourth-order valence-corrected chi connectivity index (χ4v) is 5.84. The highest BCUT2D eigenvalue weighted by Gasteiger charge is 2.26. The average molecular weight is 434 g/mol. The minimum absolute atomic E-state index is 0.363. The highest BCUT2D eigenvalue weighted by molar-refractivity contribution is 7.14. The zero-order chi connectivity index (χ0) is 20.1. The second-order valence-corrected chi connectivity index (χ2v) is 9.71. The number of thiophene rings is 2. The largest absolute Gasteiger partial charge is 0.379 e. The molecule has 4 rings (SSSR count). The van der Waals surface area contributed by atoms with Crippen LogP contribution < -0.4 is 10.2 Å². The Morgan fingerprint density at radius 1 is 1.14 bits per heavy atom. The molecular formula is C21H31N5OS2. The summed E-state index contributed by atoms with van der Waals surface area (Å²) in [4.78, 5) is 14.8. The van der Waals surface area contributed by atoms with Crippen molar-refractivity contribution >= 4 is 33.6 Å². The van der Waals surface area contributed by atoms with Gasteiger partial charge in [0, 0.05) is 62.6 Å². The van der Waals surface area contributed by atoms with E-state index in [0.717, 1.165) is 65.0 Å². The average Bonchev–Trinajstić information content (AvgIpc) is 3.44. The van der Waals surface area contributed by atoms with Crippen molar-refractivity contribution in [2.75, 3.05) is 71.0 Å². The van der Waals surface area contributed by atoms with Crippen molar-refractivity contribution in [1.29, 1.82) is 0 Å². The molecule has 2 aromatic rings. The Bertz CT molecular complexity index is 777. The lowest BCUT2D eigenvalue weighted by Crippen LogP contribution is -2.53. The molecule has 0 amide bonds. The summed E-state index contributed by atoms with van der Waals surface area (Å²) in [5.41, 5.74) is 0. The molecule has 0 spiro atoms. The lowest BCUT2D eigenvalue weighted by molar-refractivity contribution is 0.0176. The number of ether oxygens (including phenoxy) is 1. The molecule has 2 aliphatic heterocycles. The first-order chi connectivity index (χ1) is 14.2. The minimum Gasteiger partial charge on any atom is -0.379 e. The highest BCUT2D eigenvalue weighted by Crippen LogP contribution is 2.28. The number of aryl methyl sites for hydroxylation is 1. The second-order valence-electron chi connectivity index (χ2n) is 7.47. The topological polar surface area (TPSA) is 43.3 Å². The van der Waals surface area contributed by atoms with Gasteiger partial charge in [-0.25, -0.2) is 0 Å². The summed E-state index contributed by atoms with van der Waals surface area (Å²) in [5.74, 6) is 1.02. The molecule has 8 heteroatoms. The lowest BCUT2D eigenvalue weighted by Gasteiger charge is -2.38. The third-order valence-corrected chi connectivity index (χ3v) is 7.67. The van der Waals surface area contributed by atoms with Gasteiger partial charge in [-0.15, -0.1) is 22.7 Å². The number of piperazine rings is 1. The number of anilines is 1. The smallest absolute Gasteiger partial charge is 0.193 e. The number of rotatable bonds is 5. The first-order valence-electron chi connectivity index (χ1n) is 10.4. The first-order valence-corrected chi connectivity index (χ1v) is 12.1. The van der Waals surface area contributed by atoms with E-state index in [1.807, 2.05) is 29.7 Å². The summed E-state index contributed by atoms with van der Waals surface area (Å²) >= 11 is 3.72. The molecule has 158 valence electrons. The third-order valence-electron chi connectivity index (χ3n) is 5.64. The Morgan fingerprint density at radius 3 is 2.55 bits per heavy atom. The Morgan fingerprint density at radius 2 is 1.93 bits per heavy atom. The maximum atomic E-state index is 5.58. The number of nitrogens with one attached hydrogen (secondary N) is 1. The van der Waals surface area contributed by atoms with Gasteiger partial charge in [-0.05, 0) is 36.6 Å². The Balaban J connectivity index is 1.37. The van der Waals surface area contributed by atoms with Gasteiger partial charge in [-0.1, -0.05) is 0 Å². The van der Waals surface area contributed by atoms with Gasteiger partial charge in [-0.2, -0.15) is 0 Å². The third kappa shape index (κ3) is 5.12. The van der Waals surface area contributed by atoms with Gasteiger partial charge in [0.15, 0.2) is 5.96 Å². The van der Waals surface area contributed by atoms with E-state index in [2.05, 4.69) is 61.6 Å². The Kier molecular flexibility index (Phi) is 7.07. The van der Waals surface area contributed by atoms with Gasteiger partial charge in [-0.3, -0.25) is 9.89 Å². The lowest BCUT2D eigenvalue weighted by atomic mass is 10.2. The summed E-state index contributed by atoms with van der Waals surface area (Å²) in [6.45, 7) is 10.7. The molecule has 2 aliphatic rings. The zero-order valence-corrected chi connectivity index (χ0v) is 19.0. The normalized spacial score (nSPS) is 20.1. The van der Waals surface area contributed by atoms with E-state index in [-0.39, 0.29) is 0 Å². The molecule has 2 fully saturated rings. The zero-order valence-electron chi connectivity index (χ0n) is 17.3. The standard InChI is InChI=1S/C21H31N5OS2/c1-17-5-6-19(29-17)18(24-11-13-27-14-12-24)16-23-21(22-2)26-9-7-25(8-10-26)20-4-3-15-28-20/h3-6,15,18H,7-14,16H2,1-2H3,(H,22,23). The van der Waals surface area contributed by atoms with Crippen molar-refractivity contribution in [3.8, 4) is 0 Å². The van der Waals surface area contributed by atoms with Crippen molar-refractivity contribution < 1.29 is 4.74 Å². The number of morpholine rings is 1. The number of nitrogens with zero attached hydrogens (tertiary/aromatic N) is 4. The Labute approximate surface area is 181 Å². The van der Waals surface area contributed by atoms with E-state index in [4.69, 9.17) is 4.74 Å². The molecule has 0 saturated carbocycles. The maximum absolute atomic E-state index is 5.58. The van der Waals surface area contributed by atoms with Crippen LogP contribution >= 0.6 is 22.7 Å². The monoisotopic (exact) mass is 433 g/mol. The van der Waals surface area contributed by atoms with Crippen LogP contribution in [0.25, 0.3) is 0 Å². The van der Waals surface area contributed by atoms with Gasteiger partial charge in [0.1, 0.15) is 0 Å². The van der Waals surface area contributed by atoms with Crippen molar-refractivity contribution in [2.24, 2.45) is 4.99 Å². The number of hydrogen-bond acceptors (Lipinski definition) is 6. The molecule has 1 atom stereocenters. The number of guanidine groups is 1. The quantitative estimate of drug-likeness (QED) is 0.580. The fourth-order valence-electron chi connectivity index (χ4n) is 4.04. The van der Waals surface area contributed by atoms with E-state index in [0.29, 0.717) is 6.04 Å². The highest BCUT2D eigenvalue weighted by atomic mass is 32.1. The molecule has 0 aliphatic carbocycles. The van der Waals surface area contributed by atoms with E-state index < -0.39 is 0 Å². The fraction of sp³-hybridized carbons (Fsp3) is 0.571. The Hall–Kier alpha value is -1.61. The molecule has 29 heavy (non-hydrogen) atoms. The van der Waals surface area contributed by atoms with Gasteiger partial charge in [0.25, 0.3) is 0 Å².